The Bertz CT molecular complexity index is 524. The first kappa shape index (κ1) is 14.2. The van der Waals surface area contributed by atoms with Gasteiger partial charge in [0, 0.05) is 17.9 Å². The summed E-state index contributed by atoms with van der Waals surface area (Å²) in [4.78, 5) is 7.87. The van der Waals surface area contributed by atoms with Crippen LogP contribution in [-0.4, -0.2) is 28.9 Å². The Morgan fingerprint density at radius 1 is 1.42 bits per heavy atom. The number of aromatic amines is 1. The van der Waals surface area contributed by atoms with Crippen LogP contribution in [0.5, 0.6) is 5.75 Å². The van der Waals surface area contributed by atoms with Crippen molar-refractivity contribution in [3.63, 3.8) is 0 Å². The van der Waals surface area contributed by atoms with Crippen LogP contribution in [0.4, 0.5) is 0 Å². The zero-order chi connectivity index (χ0) is 13.7. The van der Waals surface area contributed by atoms with Crippen molar-refractivity contribution in [3.05, 3.63) is 18.2 Å². The van der Waals surface area contributed by atoms with Gasteiger partial charge in [0.2, 0.25) is 0 Å². The Morgan fingerprint density at radius 2 is 2.26 bits per heavy atom. The number of benzene rings is 1. The first-order valence-electron chi connectivity index (χ1n) is 6.61. The number of rotatable bonds is 7. The molecule has 1 unspecified atom stereocenters. The van der Waals surface area contributed by atoms with E-state index in [1.165, 1.54) is 12.8 Å². The summed E-state index contributed by atoms with van der Waals surface area (Å²) in [5, 5.41) is 0.976. The van der Waals surface area contributed by atoms with Gasteiger partial charge in [-0.05, 0) is 31.9 Å². The first-order chi connectivity index (χ1) is 9.19. The van der Waals surface area contributed by atoms with Crippen molar-refractivity contribution in [2.45, 2.75) is 37.4 Å². The molecule has 0 radical (unpaired) electrons. The van der Waals surface area contributed by atoms with Crippen molar-refractivity contribution >= 4 is 22.8 Å². The minimum Gasteiger partial charge on any atom is -0.497 e. The zero-order valence-corrected chi connectivity index (χ0v) is 12.3. The maximum absolute atomic E-state index is 5.73. The van der Waals surface area contributed by atoms with Crippen molar-refractivity contribution in [3.8, 4) is 5.75 Å². The number of thioether (sulfide) groups is 1. The maximum atomic E-state index is 5.73. The number of unbranched alkanes of at least 4 members (excludes halogenated alkanes) is 1. The van der Waals surface area contributed by atoms with Crippen LogP contribution in [0.2, 0.25) is 0 Å². The van der Waals surface area contributed by atoms with Gasteiger partial charge in [-0.3, -0.25) is 0 Å². The molecule has 0 fully saturated rings. The lowest BCUT2D eigenvalue weighted by Crippen LogP contribution is -2.13. The number of nitrogens with one attached hydrogen (secondary N) is 1. The summed E-state index contributed by atoms with van der Waals surface area (Å²) in [6, 6.07) is 6.19. The Hall–Kier alpha value is -1.20. The molecular formula is C14H21N3OS. The van der Waals surface area contributed by atoms with E-state index in [0.29, 0.717) is 6.04 Å². The smallest absolute Gasteiger partial charge is 0.166 e. The molecule has 4 nitrogen and oxygen atoms in total. The summed E-state index contributed by atoms with van der Waals surface area (Å²) in [7, 11) is 1.67. The second kappa shape index (κ2) is 6.82. The van der Waals surface area contributed by atoms with Gasteiger partial charge < -0.3 is 15.5 Å². The number of hydrogen-bond donors (Lipinski definition) is 2. The molecule has 0 amide bonds. The number of aromatic nitrogens is 2. The highest BCUT2D eigenvalue weighted by atomic mass is 32.2. The van der Waals surface area contributed by atoms with Crippen LogP contribution < -0.4 is 10.5 Å². The van der Waals surface area contributed by atoms with Crippen LogP contribution in [0.3, 0.4) is 0 Å². The third-order valence-electron chi connectivity index (χ3n) is 2.96. The molecular weight excluding hydrogens is 258 g/mol. The quantitative estimate of drug-likeness (QED) is 0.603. The minimum atomic E-state index is 0.309. The summed E-state index contributed by atoms with van der Waals surface area (Å²) in [5.41, 5.74) is 7.74. The molecule has 1 heterocycles. The average molecular weight is 279 g/mol. The lowest BCUT2D eigenvalue weighted by molar-refractivity contribution is 0.415. The van der Waals surface area contributed by atoms with Crippen LogP contribution in [0.15, 0.2) is 23.4 Å². The van der Waals surface area contributed by atoms with Gasteiger partial charge in [-0.15, -0.1) is 0 Å². The van der Waals surface area contributed by atoms with E-state index in [1.807, 2.05) is 18.2 Å². The number of fused-ring (bicyclic) bond motifs is 1. The van der Waals surface area contributed by atoms with Gasteiger partial charge in [0.1, 0.15) is 5.75 Å². The first-order valence-corrected chi connectivity index (χ1v) is 7.59. The molecule has 0 saturated carbocycles. The van der Waals surface area contributed by atoms with E-state index in [-0.39, 0.29) is 0 Å². The standard InChI is InChI=1S/C14H21N3OS/c1-10(15)5-3-4-8-19-14-16-12-7-6-11(18-2)9-13(12)17-14/h6-7,9-10H,3-5,8,15H2,1-2H3,(H,16,17). The van der Waals surface area contributed by atoms with Crippen LogP contribution in [0, 0.1) is 0 Å². The predicted molar refractivity (Wildman–Crippen MR) is 80.9 cm³/mol. The Balaban J connectivity index is 1.87. The van der Waals surface area contributed by atoms with Crippen molar-refractivity contribution in [1.29, 1.82) is 0 Å². The van der Waals surface area contributed by atoms with Crippen LogP contribution in [-0.2, 0) is 0 Å². The van der Waals surface area contributed by atoms with E-state index < -0.39 is 0 Å². The van der Waals surface area contributed by atoms with E-state index in [0.717, 1.165) is 34.1 Å². The topological polar surface area (TPSA) is 63.9 Å². The highest BCUT2D eigenvalue weighted by molar-refractivity contribution is 7.99. The van der Waals surface area contributed by atoms with Crippen molar-refractivity contribution in [2.75, 3.05) is 12.9 Å². The average Bonchev–Trinajstić information content (AvgIpc) is 2.79. The fourth-order valence-corrected chi connectivity index (χ4v) is 2.78. The molecule has 0 aliphatic rings. The summed E-state index contributed by atoms with van der Waals surface area (Å²) < 4.78 is 5.20. The number of nitrogens with two attached hydrogens (primary N) is 1. The second-order valence-corrected chi connectivity index (χ2v) is 5.83. The molecule has 2 aromatic rings. The highest BCUT2D eigenvalue weighted by Crippen LogP contribution is 2.23. The molecule has 0 bridgehead atoms. The summed E-state index contributed by atoms with van der Waals surface area (Å²) in [6.45, 7) is 2.06. The number of H-pyrrole nitrogens is 1. The molecule has 1 aromatic heterocycles. The molecule has 0 saturated heterocycles. The molecule has 0 spiro atoms. The van der Waals surface area contributed by atoms with Gasteiger partial charge in [0.15, 0.2) is 5.16 Å². The Labute approximate surface area is 118 Å². The maximum Gasteiger partial charge on any atom is 0.166 e. The molecule has 0 aliphatic heterocycles. The number of ether oxygens (including phenoxy) is 1. The number of hydrogen-bond acceptors (Lipinski definition) is 4. The largest absolute Gasteiger partial charge is 0.497 e. The van der Waals surface area contributed by atoms with Crippen molar-refractivity contribution in [2.24, 2.45) is 5.73 Å². The highest BCUT2D eigenvalue weighted by Gasteiger charge is 2.04. The lowest BCUT2D eigenvalue weighted by atomic mass is 10.2. The van der Waals surface area contributed by atoms with Gasteiger partial charge in [-0.25, -0.2) is 4.98 Å². The predicted octanol–water partition coefficient (Wildman–Crippen LogP) is 3.18. The van der Waals surface area contributed by atoms with Crippen molar-refractivity contribution in [1.82, 2.24) is 9.97 Å². The van der Waals surface area contributed by atoms with Crippen molar-refractivity contribution < 1.29 is 4.74 Å². The fraction of sp³-hybridized carbons (Fsp3) is 0.500. The van der Waals surface area contributed by atoms with Gasteiger partial charge in [0.25, 0.3) is 0 Å². The molecule has 1 aromatic carbocycles. The van der Waals surface area contributed by atoms with Crippen LogP contribution in [0.25, 0.3) is 11.0 Å². The molecule has 2 rings (SSSR count). The SMILES string of the molecule is COc1ccc2nc(SCCCCC(C)N)[nH]c2c1. The van der Waals surface area contributed by atoms with Gasteiger partial charge in [-0.2, -0.15) is 0 Å². The third kappa shape index (κ3) is 4.14. The second-order valence-electron chi connectivity index (χ2n) is 4.75. The summed E-state index contributed by atoms with van der Waals surface area (Å²) >= 11 is 1.76. The molecule has 104 valence electrons. The zero-order valence-electron chi connectivity index (χ0n) is 11.5. The lowest BCUT2D eigenvalue weighted by Gasteiger charge is -2.03. The normalized spacial score (nSPS) is 12.8. The van der Waals surface area contributed by atoms with E-state index in [2.05, 4.69) is 16.9 Å². The monoisotopic (exact) mass is 279 g/mol. The minimum absolute atomic E-state index is 0.309. The third-order valence-corrected chi connectivity index (χ3v) is 3.92. The number of nitrogens with zero attached hydrogens (tertiary/aromatic N) is 1. The van der Waals surface area contributed by atoms with E-state index in [1.54, 1.807) is 18.9 Å². The molecule has 0 aliphatic carbocycles. The number of methoxy groups -OCH3 is 1. The van der Waals surface area contributed by atoms with Crippen LogP contribution in [0.1, 0.15) is 26.2 Å². The van der Waals surface area contributed by atoms with Crippen LogP contribution >= 0.6 is 11.8 Å². The van der Waals surface area contributed by atoms with E-state index in [4.69, 9.17) is 10.5 Å². The van der Waals surface area contributed by atoms with Gasteiger partial charge >= 0.3 is 0 Å². The molecule has 1 atom stereocenters. The Kier molecular flexibility index (Phi) is 5.10. The molecule has 19 heavy (non-hydrogen) atoms. The fourth-order valence-electron chi connectivity index (χ4n) is 1.90. The molecule has 5 heteroatoms. The summed E-state index contributed by atoms with van der Waals surface area (Å²) in [6.07, 6.45) is 3.45. The van der Waals surface area contributed by atoms with Gasteiger partial charge in [0.05, 0.1) is 18.1 Å². The number of imidazole rings is 1. The van der Waals surface area contributed by atoms with E-state index >= 15 is 0 Å². The summed E-state index contributed by atoms with van der Waals surface area (Å²) in [5.74, 6) is 1.92. The molecule has 3 N–H and O–H groups in total. The van der Waals surface area contributed by atoms with E-state index in [9.17, 15) is 0 Å². The Morgan fingerprint density at radius 3 is 3.00 bits per heavy atom. The van der Waals surface area contributed by atoms with Gasteiger partial charge in [-0.1, -0.05) is 18.2 Å².